The smallest absolute Gasteiger partial charge is 0.288 e. The van der Waals surface area contributed by atoms with E-state index in [-0.39, 0.29) is 0 Å². The summed E-state index contributed by atoms with van der Waals surface area (Å²) in [6.07, 6.45) is -5.47. The first kappa shape index (κ1) is 9.02. The lowest BCUT2D eigenvalue weighted by molar-refractivity contribution is -0.169. The van der Waals surface area contributed by atoms with Crippen molar-refractivity contribution in [2.45, 2.75) is 19.5 Å². The third-order valence-corrected chi connectivity index (χ3v) is 0.742. The van der Waals surface area contributed by atoms with Crippen molar-refractivity contribution in [1.29, 1.82) is 0 Å². The minimum absolute atomic E-state index is 0.736. The number of ketones is 1. The van der Waals surface area contributed by atoms with Gasteiger partial charge < -0.3 is 0 Å². The maximum Gasteiger partial charge on any atom is 0.451 e. The number of Topliss-reactive ketones (excluding diaryl/α,β-unsaturated/α-hetero) is 1. The standard InChI is InChI=1S/C6H5F3O/c1-2-3-4-5(10)6(7,8)9/h4H2,1H3. The van der Waals surface area contributed by atoms with E-state index >= 15 is 0 Å². The van der Waals surface area contributed by atoms with Gasteiger partial charge in [-0.2, -0.15) is 13.2 Å². The van der Waals surface area contributed by atoms with Gasteiger partial charge in [-0.1, -0.05) is 5.92 Å². The van der Waals surface area contributed by atoms with Gasteiger partial charge in [0.15, 0.2) is 0 Å². The van der Waals surface area contributed by atoms with Gasteiger partial charge in [-0.15, -0.1) is 5.92 Å². The van der Waals surface area contributed by atoms with Gasteiger partial charge in [0.05, 0.1) is 6.42 Å². The van der Waals surface area contributed by atoms with E-state index in [1.807, 2.05) is 5.92 Å². The number of halogens is 3. The maximum atomic E-state index is 11.4. The first-order valence-corrected chi connectivity index (χ1v) is 2.48. The van der Waals surface area contributed by atoms with Crippen molar-refractivity contribution >= 4 is 5.78 Å². The minimum Gasteiger partial charge on any atom is -0.288 e. The second kappa shape index (κ2) is 3.25. The monoisotopic (exact) mass is 150 g/mol. The lowest BCUT2D eigenvalue weighted by atomic mass is 10.3. The zero-order chi connectivity index (χ0) is 8.20. The van der Waals surface area contributed by atoms with E-state index in [0.717, 1.165) is 0 Å². The fraction of sp³-hybridized carbons (Fsp3) is 0.500. The molecular weight excluding hydrogens is 145 g/mol. The number of carbonyl (C=O) groups excluding carboxylic acids is 1. The van der Waals surface area contributed by atoms with Gasteiger partial charge in [-0.3, -0.25) is 4.79 Å². The van der Waals surface area contributed by atoms with Gasteiger partial charge in [-0.05, 0) is 6.92 Å². The molecule has 0 radical (unpaired) electrons. The summed E-state index contributed by atoms with van der Waals surface area (Å²) in [5, 5.41) is 0. The Balaban J connectivity index is 3.95. The van der Waals surface area contributed by atoms with Crippen molar-refractivity contribution in [1.82, 2.24) is 0 Å². The molecule has 0 aromatic rings. The number of alkyl halides is 3. The Kier molecular flexibility index (Phi) is 2.94. The molecule has 0 heterocycles. The summed E-state index contributed by atoms with van der Waals surface area (Å²) in [5.41, 5.74) is 0. The normalized spacial score (nSPS) is 10.0. The third-order valence-electron chi connectivity index (χ3n) is 0.742. The van der Waals surface area contributed by atoms with Gasteiger partial charge >= 0.3 is 6.18 Å². The van der Waals surface area contributed by atoms with Crippen LogP contribution in [0.15, 0.2) is 0 Å². The van der Waals surface area contributed by atoms with E-state index in [1.165, 1.54) is 6.92 Å². The van der Waals surface area contributed by atoms with Crippen molar-refractivity contribution in [3.05, 3.63) is 0 Å². The van der Waals surface area contributed by atoms with Crippen LogP contribution >= 0.6 is 0 Å². The first-order valence-electron chi connectivity index (χ1n) is 2.48. The summed E-state index contributed by atoms with van der Waals surface area (Å²) < 4.78 is 34.1. The molecule has 0 saturated carbocycles. The second-order valence-electron chi connectivity index (χ2n) is 1.52. The van der Waals surface area contributed by atoms with E-state index in [9.17, 15) is 18.0 Å². The molecule has 4 heteroatoms. The van der Waals surface area contributed by atoms with E-state index < -0.39 is 18.4 Å². The molecule has 0 saturated heterocycles. The highest BCUT2D eigenvalue weighted by atomic mass is 19.4. The van der Waals surface area contributed by atoms with Crippen LogP contribution in [0, 0.1) is 11.8 Å². The first-order chi connectivity index (χ1) is 4.48. The molecule has 0 aliphatic rings. The van der Waals surface area contributed by atoms with Crippen molar-refractivity contribution < 1.29 is 18.0 Å². The Hall–Kier alpha value is -0.980. The molecule has 0 aliphatic heterocycles. The Morgan fingerprint density at radius 2 is 2.00 bits per heavy atom. The fourth-order valence-corrected chi connectivity index (χ4v) is 0.269. The molecule has 0 rings (SSSR count). The molecule has 10 heavy (non-hydrogen) atoms. The molecule has 0 bridgehead atoms. The largest absolute Gasteiger partial charge is 0.451 e. The quantitative estimate of drug-likeness (QED) is 0.518. The van der Waals surface area contributed by atoms with Crippen molar-refractivity contribution in [3.63, 3.8) is 0 Å². The molecule has 0 unspecified atom stereocenters. The highest BCUT2D eigenvalue weighted by Gasteiger charge is 2.36. The van der Waals surface area contributed by atoms with Crippen LogP contribution in [0.25, 0.3) is 0 Å². The molecule has 0 spiro atoms. The fourth-order valence-electron chi connectivity index (χ4n) is 0.269. The summed E-state index contributed by atoms with van der Waals surface area (Å²) in [6.45, 7) is 1.38. The Labute approximate surface area is 56.2 Å². The summed E-state index contributed by atoms with van der Waals surface area (Å²) in [5.74, 6) is 2.44. The highest BCUT2D eigenvalue weighted by molar-refractivity contribution is 5.85. The van der Waals surface area contributed by atoms with Gasteiger partial charge in [0, 0.05) is 0 Å². The van der Waals surface area contributed by atoms with E-state index in [0.29, 0.717) is 0 Å². The lowest BCUT2D eigenvalue weighted by Gasteiger charge is -1.99. The van der Waals surface area contributed by atoms with Crippen molar-refractivity contribution in [3.8, 4) is 11.8 Å². The Morgan fingerprint density at radius 1 is 1.50 bits per heavy atom. The number of hydrogen-bond acceptors (Lipinski definition) is 1. The van der Waals surface area contributed by atoms with Crippen LogP contribution in [0.3, 0.4) is 0 Å². The summed E-state index contributed by atoms with van der Waals surface area (Å²) in [6, 6.07) is 0. The van der Waals surface area contributed by atoms with Crippen LogP contribution in [0.1, 0.15) is 13.3 Å². The molecule has 0 N–H and O–H groups in total. The van der Waals surface area contributed by atoms with Crippen LogP contribution in [0.2, 0.25) is 0 Å². The minimum atomic E-state index is -4.73. The van der Waals surface area contributed by atoms with Crippen LogP contribution in [-0.4, -0.2) is 12.0 Å². The summed E-state index contributed by atoms with van der Waals surface area (Å²) >= 11 is 0. The summed E-state index contributed by atoms with van der Waals surface area (Å²) in [7, 11) is 0. The molecule has 1 nitrogen and oxygen atoms in total. The zero-order valence-corrected chi connectivity index (χ0v) is 5.25. The third kappa shape index (κ3) is 3.13. The number of carbonyl (C=O) groups is 1. The summed E-state index contributed by atoms with van der Waals surface area (Å²) in [4.78, 5) is 10.00. The zero-order valence-electron chi connectivity index (χ0n) is 5.25. The molecule has 0 amide bonds. The molecule has 0 aromatic carbocycles. The number of rotatable bonds is 1. The number of hydrogen-bond donors (Lipinski definition) is 0. The van der Waals surface area contributed by atoms with Crippen molar-refractivity contribution in [2.75, 3.05) is 0 Å². The van der Waals surface area contributed by atoms with Crippen molar-refractivity contribution in [2.24, 2.45) is 0 Å². The van der Waals surface area contributed by atoms with E-state index in [1.54, 1.807) is 0 Å². The second-order valence-corrected chi connectivity index (χ2v) is 1.52. The highest BCUT2D eigenvalue weighted by Crippen LogP contribution is 2.16. The van der Waals surface area contributed by atoms with E-state index in [4.69, 9.17) is 0 Å². The molecule has 0 atom stereocenters. The Morgan fingerprint density at radius 3 is 2.30 bits per heavy atom. The van der Waals surface area contributed by atoms with Crippen LogP contribution < -0.4 is 0 Å². The van der Waals surface area contributed by atoms with E-state index in [2.05, 4.69) is 5.92 Å². The molecule has 0 aromatic heterocycles. The molecule has 56 valence electrons. The average molecular weight is 150 g/mol. The molecule has 0 fully saturated rings. The topological polar surface area (TPSA) is 17.1 Å². The molecular formula is C6H5F3O. The maximum absolute atomic E-state index is 11.4. The van der Waals surface area contributed by atoms with Gasteiger partial charge in [0.1, 0.15) is 0 Å². The molecule has 0 aliphatic carbocycles. The predicted molar refractivity (Wildman–Crippen MR) is 29.1 cm³/mol. The van der Waals surface area contributed by atoms with Crippen LogP contribution in [0.4, 0.5) is 13.2 Å². The van der Waals surface area contributed by atoms with Gasteiger partial charge in [0.2, 0.25) is 5.78 Å². The lowest BCUT2D eigenvalue weighted by Crippen LogP contribution is -2.21. The Bertz CT molecular complexity index is 181. The van der Waals surface area contributed by atoms with Crippen LogP contribution in [-0.2, 0) is 4.79 Å². The average Bonchev–Trinajstić information content (AvgIpc) is 1.80. The van der Waals surface area contributed by atoms with Crippen LogP contribution in [0.5, 0.6) is 0 Å². The SMILES string of the molecule is CC#CCC(=O)C(F)(F)F. The van der Waals surface area contributed by atoms with Gasteiger partial charge in [-0.25, -0.2) is 0 Å². The van der Waals surface area contributed by atoms with Gasteiger partial charge in [0.25, 0.3) is 0 Å². The predicted octanol–water partition coefficient (Wildman–Crippen LogP) is 1.53.